The molecule has 0 aliphatic rings. The van der Waals surface area contributed by atoms with Crippen LogP contribution in [0.3, 0.4) is 0 Å². The van der Waals surface area contributed by atoms with Crippen LogP contribution in [-0.2, 0) is 14.8 Å². The van der Waals surface area contributed by atoms with Crippen LogP contribution in [0.5, 0.6) is 5.75 Å². The Morgan fingerprint density at radius 1 is 0.969 bits per heavy atom. The second kappa shape index (κ2) is 10.4. The van der Waals surface area contributed by atoms with E-state index in [-0.39, 0.29) is 26.5 Å². The first-order valence-corrected chi connectivity index (χ1v) is 12.1. The van der Waals surface area contributed by atoms with Gasteiger partial charge in [-0.3, -0.25) is 9.52 Å². The van der Waals surface area contributed by atoms with Gasteiger partial charge in [-0.1, -0.05) is 47.8 Å². The third kappa shape index (κ3) is 6.07. The summed E-state index contributed by atoms with van der Waals surface area (Å²) in [6, 6.07) is 17.1. The van der Waals surface area contributed by atoms with Gasteiger partial charge < -0.3 is 10.1 Å². The van der Waals surface area contributed by atoms with E-state index in [1.54, 1.807) is 36.4 Å². The molecule has 0 saturated heterocycles. The van der Waals surface area contributed by atoms with Gasteiger partial charge >= 0.3 is 0 Å². The lowest BCUT2D eigenvalue weighted by atomic mass is 10.2. The number of nitrogens with one attached hydrogen (secondary N) is 2. The van der Waals surface area contributed by atoms with Gasteiger partial charge in [0, 0.05) is 10.7 Å². The number of hydrogen-bond acceptors (Lipinski definition) is 4. The Morgan fingerprint density at radius 2 is 1.62 bits per heavy atom. The van der Waals surface area contributed by atoms with E-state index >= 15 is 0 Å². The van der Waals surface area contributed by atoms with Crippen molar-refractivity contribution in [2.45, 2.75) is 24.3 Å². The van der Waals surface area contributed by atoms with Gasteiger partial charge in [0.25, 0.3) is 15.9 Å². The van der Waals surface area contributed by atoms with Crippen LogP contribution in [-0.4, -0.2) is 20.4 Å². The molecule has 0 bridgehead atoms. The smallest absolute Gasteiger partial charge is 0.265 e. The van der Waals surface area contributed by atoms with Gasteiger partial charge in [-0.25, -0.2) is 8.42 Å². The fourth-order valence-corrected chi connectivity index (χ4v) is 4.33. The quantitative estimate of drug-likeness (QED) is 0.373. The van der Waals surface area contributed by atoms with Gasteiger partial charge in [0.2, 0.25) is 0 Å². The molecule has 2 N–H and O–H groups in total. The van der Waals surface area contributed by atoms with Crippen LogP contribution in [0, 0.1) is 0 Å². The zero-order chi connectivity index (χ0) is 23.3. The highest BCUT2D eigenvalue weighted by Gasteiger charge is 2.20. The monoisotopic (exact) mass is 512 g/mol. The van der Waals surface area contributed by atoms with Crippen molar-refractivity contribution in [1.82, 2.24) is 0 Å². The molecular formula is C22H19Cl3N2O4S. The number of benzene rings is 3. The summed E-state index contributed by atoms with van der Waals surface area (Å²) in [5.74, 6) is 0.158. The molecule has 1 amide bonds. The number of ether oxygens (including phenoxy) is 1. The number of rotatable bonds is 8. The number of sulfonamides is 1. The van der Waals surface area contributed by atoms with E-state index in [2.05, 4.69) is 10.0 Å². The second-order valence-electron chi connectivity index (χ2n) is 6.69. The molecule has 0 spiro atoms. The fraction of sp³-hybridized carbons (Fsp3) is 0.136. The lowest BCUT2D eigenvalue weighted by Crippen LogP contribution is -2.32. The maximum absolute atomic E-state index is 12.7. The number of anilines is 2. The molecule has 3 rings (SSSR count). The number of carbonyl (C=O) groups excluding carboxylic acids is 1. The molecular weight excluding hydrogens is 495 g/mol. The van der Waals surface area contributed by atoms with E-state index in [4.69, 9.17) is 39.5 Å². The summed E-state index contributed by atoms with van der Waals surface area (Å²) in [4.78, 5) is 12.6. The van der Waals surface area contributed by atoms with Crippen molar-refractivity contribution in [1.29, 1.82) is 0 Å². The van der Waals surface area contributed by atoms with E-state index < -0.39 is 16.1 Å². The third-order valence-electron chi connectivity index (χ3n) is 4.38. The van der Waals surface area contributed by atoms with Crippen molar-refractivity contribution < 1.29 is 17.9 Å². The van der Waals surface area contributed by atoms with Crippen LogP contribution in [0.25, 0.3) is 0 Å². The van der Waals surface area contributed by atoms with Crippen LogP contribution in [0.15, 0.2) is 71.6 Å². The van der Waals surface area contributed by atoms with Crippen molar-refractivity contribution in [2.75, 3.05) is 10.0 Å². The van der Waals surface area contributed by atoms with Gasteiger partial charge in [-0.2, -0.15) is 0 Å². The highest BCUT2D eigenvalue weighted by atomic mass is 35.5. The molecule has 0 aliphatic carbocycles. The Hall–Kier alpha value is -2.45. The van der Waals surface area contributed by atoms with Crippen LogP contribution < -0.4 is 14.8 Å². The molecule has 0 unspecified atom stereocenters. The zero-order valence-electron chi connectivity index (χ0n) is 16.8. The topological polar surface area (TPSA) is 84.5 Å². The normalized spacial score (nSPS) is 12.1. The molecule has 1 atom stereocenters. The molecule has 0 radical (unpaired) electrons. The molecule has 0 heterocycles. The van der Waals surface area contributed by atoms with Crippen LogP contribution >= 0.6 is 34.8 Å². The molecule has 3 aromatic rings. The lowest BCUT2D eigenvalue weighted by Gasteiger charge is -2.17. The van der Waals surface area contributed by atoms with E-state index in [1.165, 1.54) is 30.3 Å². The van der Waals surface area contributed by atoms with Gasteiger partial charge in [-0.05, 0) is 67.1 Å². The van der Waals surface area contributed by atoms with E-state index in [0.29, 0.717) is 22.9 Å². The van der Waals surface area contributed by atoms with Crippen molar-refractivity contribution in [3.05, 3.63) is 81.8 Å². The van der Waals surface area contributed by atoms with Crippen LogP contribution in [0.1, 0.15) is 13.3 Å². The zero-order valence-corrected chi connectivity index (χ0v) is 19.9. The Kier molecular flexibility index (Phi) is 7.90. The molecule has 10 heteroatoms. The number of halogens is 3. The maximum atomic E-state index is 12.7. The first-order chi connectivity index (χ1) is 15.2. The summed E-state index contributed by atoms with van der Waals surface area (Å²) in [5.41, 5.74) is 0.592. The van der Waals surface area contributed by atoms with Crippen LogP contribution in [0.4, 0.5) is 11.4 Å². The first kappa shape index (κ1) is 24.2. The minimum absolute atomic E-state index is 0.00371. The number of hydrogen-bond donors (Lipinski definition) is 2. The van der Waals surface area contributed by atoms with E-state index in [1.807, 2.05) is 6.92 Å². The van der Waals surface area contributed by atoms with E-state index in [0.717, 1.165) is 0 Å². The molecule has 6 nitrogen and oxygen atoms in total. The lowest BCUT2D eigenvalue weighted by molar-refractivity contribution is -0.122. The average molecular weight is 514 g/mol. The third-order valence-corrected chi connectivity index (χ3v) is 6.84. The van der Waals surface area contributed by atoms with Crippen molar-refractivity contribution in [2.24, 2.45) is 0 Å². The van der Waals surface area contributed by atoms with Gasteiger partial charge in [-0.15, -0.1) is 0 Å². The maximum Gasteiger partial charge on any atom is 0.265 e. The largest absolute Gasteiger partial charge is 0.481 e. The fourth-order valence-electron chi connectivity index (χ4n) is 2.73. The summed E-state index contributed by atoms with van der Waals surface area (Å²) in [5, 5.41) is 3.63. The number of amides is 1. The molecule has 0 saturated carbocycles. The van der Waals surface area contributed by atoms with Gasteiger partial charge in [0.05, 0.1) is 20.6 Å². The van der Waals surface area contributed by atoms with Gasteiger partial charge in [0.1, 0.15) is 5.75 Å². The van der Waals surface area contributed by atoms with E-state index in [9.17, 15) is 13.2 Å². The highest BCUT2D eigenvalue weighted by Crippen LogP contribution is 2.31. The van der Waals surface area contributed by atoms with Crippen molar-refractivity contribution in [3.63, 3.8) is 0 Å². The summed E-state index contributed by atoms with van der Waals surface area (Å²) in [6.45, 7) is 1.82. The summed E-state index contributed by atoms with van der Waals surface area (Å²) < 4.78 is 33.4. The molecule has 3 aromatic carbocycles. The molecule has 0 fully saturated rings. The Morgan fingerprint density at radius 3 is 2.25 bits per heavy atom. The molecule has 32 heavy (non-hydrogen) atoms. The molecule has 0 aliphatic heterocycles. The molecule has 0 aromatic heterocycles. The van der Waals surface area contributed by atoms with Crippen molar-refractivity contribution >= 4 is 62.1 Å². The minimum Gasteiger partial charge on any atom is -0.481 e. The second-order valence-corrected chi connectivity index (χ2v) is 9.59. The predicted octanol–water partition coefficient (Wildman–Crippen LogP) is 6.24. The summed E-state index contributed by atoms with van der Waals surface area (Å²) in [6.07, 6.45) is -0.295. The highest BCUT2D eigenvalue weighted by molar-refractivity contribution is 7.92. The van der Waals surface area contributed by atoms with Crippen molar-refractivity contribution in [3.8, 4) is 5.75 Å². The standard InChI is InChI=1S/C22H19Cl3N2O4S/c1-2-20(31-16-10-6-14(23)7-11-16)22(28)26-15-8-12-17(13-9-15)32(29,30)27-19-5-3-4-18(24)21(19)25/h3-13,20,27H,2H2,1H3,(H,26,28)/t20-/m1/s1. The Balaban J connectivity index is 1.68. The average Bonchev–Trinajstić information content (AvgIpc) is 2.76. The summed E-state index contributed by atoms with van der Waals surface area (Å²) >= 11 is 17.8. The number of carbonyl (C=O) groups is 1. The SMILES string of the molecule is CC[C@@H](Oc1ccc(Cl)cc1)C(=O)Nc1ccc(S(=O)(=O)Nc2cccc(Cl)c2Cl)cc1. The summed E-state index contributed by atoms with van der Waals surface area (Å²) in [7, 11) is -3.90. The predicted molar refractivity (Wildman–Crippen MR) is 129 cm³/mol. The van der Waals surface area contributed by atoms with Gasteiger partial charge in [0.15, 0.2) is 6.10 Å². The molecule has 168 valence electrons. The van der Waals surface area contributed by atoms with Crippen LogP contribution in [0.2, 0.25) is 15.1 Å². The Labute approximate surface area is 201 Å². The Bertz CT molecular complexity index is 1200. The first-order valence-electron chi connectivity index (χ1n) is 9.49. The minimum atomic E-state index is -3.90.